The first-order valence-electron chi connectivity index (χ1n) is 6.56. The van der Waals surface area contributed by atoms with Crippen molar-refractivity contribution >= 4 is 7.48 Å². The van der Waals surface area contributed by atoms with Gasteiger partial charge in [0.25, 0.3) is 7.48 Å². The van der Waals surface area contributed by atoms with Crippen LogP contribution in [0.3, 0.4) is 0 Å². The van der Waals surface area contributed by atoms with Gasteiger partial charge in [-0.15, -0.1) is 0 Å². The number of hydrogen-bond acceptors (Lipinski definition) is 2. The summed E-state index contributed by atoms with van der Waals surface area (Å²) in [5.74, 6) is 0. The van der Waals surface area contributed by atoms with E-state index in [2.05, 4.69) is 31.2 Å². The van der Waals surface area contributed by atoms with E-state index in [0.717, 1.165) is 12.7 Å². The molecule has 2 nitrogen and oxygen atoms in total. The second kappa shape index (κ2) is 5.90. The average molecular weight is 247 g/mol. The van der Waals surface area contributed by atoms with Gasteiger partial charge in [-0.05, 0) is 46.0 Å². The molecular weight excluding hydrogens is 223 g/mol. The molecular formula is C15H24BO2. The van der Waals surface area contributed by atoms with E-state index >= 15 is 0 Å². The molecule has 1 rings (SSSR count). The molecule has 1 aromatic rings. The Hall–Kier alpha value is -0.795. The maximum Gasteiger partial charge on any atom is 0.297 e. The molecule has 0 aliphatic carbocycles. The van der Waals surface area contributed by atoms with Gasteiger partial charge in [-0.1, -0.05) is 36.8 Å². The Bertz CT molecular complexity index is 380. The number of aryl methyl sites for hydroxylation is 1. The summed E-state index contributed by atoms with van der Waals surface area (Å²) in [5, 5.41) is 9.98. The number of hydrogen-bond donors (Lipinski definition) is 1. The molecule has 0 heterocycles. The van der Waals surface area contributed by atoms with Gasteiger partial charge in [-0.25, -0.2) is 0 Å². The average Bonchev–Trinajstić information content (AvgIpc) is 2.27. The van der Waals surface area contributed by atoms with Crippen LogP contribution in [0.1, 0.15) is 45.7 Å². The minimum absolute atomic E-state index is 0.588. The van der Waals surface area contributed by atoms with E-state index in [1.165, 1.54) is 11.1 Å². The second-order valence-corrected chi connectivity index (χ2v) is 5.73. The highest BCUT2D eigenvalue weighted by Crippen LogP contribution is 2.24. The van der Waals surface area contributed by atoms with E-state index < -0.39 is 11.2 Å². The summed E-state index contributed by atoms with van der Waals surface area (Å²) in [5.41, 5.74) is 1.12. The molecule has 0 amide bonds. The lowest BCUT2D eigenvalue weighted by Crippen LogP contribution is -2.48. The molecule has 1 N–H and O–H groups in total. The minimum atomic E-state index is -0.866. The zero-order chi connectivity index (χ0) is 13.8. The molecule has 0 aliphatic rings. The number of rotatable bonds is 6. The van der Waals surface area contributed by atoms with Crippen molar-refractivity contribution in [2.24, 2.45) is 0 Å². The molecule has 0 unspecified atom stereocenters. The van der Waals surface area contributed by atoms with Crippen molar-refractivity contribution in [1.82, 2.24) is 0 Å². The van der Waals surface area contributed by atoms with Crippen LogP contribution in [0.2, 0.25) is 0 Å². The summed E-state index contributed by atoms with van der Waals surface area (Å²) in [7, 11) is 1.78. The van der Waals surface area contributed by atoms with Crippen LogP contribution in [0.4, 0.5) is 0 Å². The van der Waals surface area contributed by atoms with E-state index in [-0.39, 0.29) is 0 Å². The van der Waals surface area contributed by atoms with E-state index in [1.807, 2.05) is 13.8 Å². The van der Waals surface area contributed by atoms with Crippen LogP contribution < -0.4 is 0 Å². The number of aliphatic hydroxyl groups is 1. The Morgan fingerprint density at radius 3 is 2.33 bits per heavy atom. The van der Waals surface area contributed by atoms with Crippen LogP contribution in [0.15, 0.2) is 24.3 Å². The van der Waals surface area contributed by atoms with Gasteiger partial charge in [0.2, 0.25) is 0 Å². The molecule has 18 heavy (non-hydrogen) atoms. The molecule has 0 aromatic heterocycles. The third-order valence-electron chi connectivity index (χ3n) is 3.57. The smallest absolute Gasteiger partial charge is 0.297 e. The lowest BCUT2D eigenvalue weighted by atomic mass is 9.83. The maximum atomic E-state index is 9.98. The standard InChI is InChI=1S/C15H24BO2/c1-6-12-8-7-9-13(10-12)11-16-18-15(4,5)14(2,3)17/h7-10,17H,6,11H2,1-5H3. The summed E-state index contributed by atoms with van der Waals surface area (Å²) >= 11 is 0. The molecule has 1 aromatic carbocycles. The predicted molar refractivity (Wildman–Crippen MR) is 76.7 cm³/mol. The second-order valence-electron chi connectivity index (χ2n) is 5.73. The Labute approximate surface area is 112 Å². The van der Waals surface area contributed by atoms with Crippen LogP contribution in [0.25, 0.3) is 0 Å². The molecule has 0 spiro atoms. The molecule has 0 atom stereocenters. The molecule has 1 radical (unpaired) electrons. The van der Waals surface area contributed by atoms with E-state index in [0.29, 0.717) is 0 Å². The fraction of sp³-hybridized carbons (Fsp3) is 0.600. The number of benzene rings is 1. The highest BCUT2D eigenvalue weighted by Gasteiger charge is 2.35. The normalized spacial score (nSPS) is 12.6. The quantitative estimate of drug-likeness (QED) is 0.783. The Kier molecular flexibility index (Phi) is 5.00. The van der Waals surface area contributed by atoms with Gasteiger partial charge in [0.1, 0.15) is 0 Å². The van der Waals surface area contributed by atoms with Gasteiger partial charge in [0, 0.05) is 0 Å². The van der Waals surface area contributed by atoms with E-state index in [9.17, 15) is 5.11 Å². The largest absolute Gasteiger partial charge is 0.433 e. The fourth-order valence-corrected chi connectivity index (χ4v) is 1.47. The van der Waals surface area contributed by atoms with E-state index in [1.54, 1.807) is 21.3 Å². The monoisotopic (exact) mass is 247 g/mol. The summed E-state index contributed by atoms with van der Waals surface area (Å²) in [6, 6.07) is 8.49. The topological polar surface area (TPSA) is 29.5 Å². The lowest BCUT2D eigenvalue weighted by molar-refractivity contribution is -0.0904. The van der Waals surface area contributed by atoms with Crippen LogP contribution in [0, 0.1) is 0 Å². The van der Waals surface area contributed by atoms with Crippen molar-refractivity contribution in [2.75, 3.05) is 0 Å². The van der Waals surface area contributed by atoms with Crippen molar-refractivity contribution in [2.45, 2.75) is 58.6 Å². The first-order chi connectivity index (χ1) is 8.26. The summed E-state index contributed by atoms with van der Waals surface area (Å²) in [6.45, 7) is 9.46. The van der Waals surface area contributed by atoms with Gasteiger partial charge in [0.05, 0.1) is 11.2 Å². The van der Waals surface area contributed by atoms with Gasteiger partial charge in [0.15, 0.2) is 0 Å². The molecule has 0 saturated heterocycles. The highest BCUT2D eigenvalue weighted by molar-refractivity contribution is 6.26. The van der Waals surface area contributed by atoms with Crippen LogP contribution in [-0.4, -0.2) is 23.8 Å². The summed E-state index contributed by atoms with van der Waals surface area (Å²) < 4.78 is 5.70. The first kappa shape index (κ1) is 15.3. The third kappa shape index (κ3) is 4.15. The van der Waals surface area contributed by atoms with Gasteiger partial charge < -0.3 is 9.76 Å². The molecule has 99 valence electrons. The summed E-state index contributed by atoms with van der Waals surface area (Å²) in [6.07, 6.45) is 1.80. The van der Waals surface area contributed by atoms with Crippen molar-refractivity contribution < 1.29 is 9.76 Å². The lowest BCUT2D eigenvalue weighted by Gasteiger charge is -2.37. The molecule has 0 fully saturated rings. The summed E-state index contributed by atoms with van der Waals surface area (Å²) in [4.78, 5) is 0. The van der Waals surface area contributed by atoms with Crippen LogP contribution in [-0.2, 0) is 17.4 Å². The van der Waals surface area contributed by atoms with Gasteiger partial charge in [-0.2, -0.15) is 0 Å². The van der Waals surface area contributed by atoms with Crippen LogP contribution in [0.5, 0.6) is 0 Å². The van der Waals surface area contributed by atoms with Crippen LogP contribution >= 0.6 is 0 Å². The zero-order valence-corrected chi connectivity index (χ0v) is 12.2. The molecule has 0 aliphatic heterocycles. The SMILES string of the molecule is CCc1cccc(C[B]OC(C)(C)C(C)(C)O)c1. The third-order valence-corrected chi connectivity index (χ3v) is 3.57. The van der Waals surface area contributed by atoms with E-state index in [4.69, 9.17) is 4.65 Å². The Morgan fingerprint density at radius 2 is 1.78 bits per heavy atom. The van der Waals surface area contributed by atoms with Crippen molar-refractivity contribution in [3.8, 4) is 0 Å². The van der Waals surface area contributed by atoms with Crippen molar-refractivity contribution in [3.63, 3.8) is 0 Å². The van der Waals surface area contributed by atoms with Crippen molar-refractivity contribution in [3.05, 3.63) is 35.4 Å². The fourth-order valence-electron chi connectivity index (χ4n) is 1.47. The van der Waals surface area contributed by atoms with Crippen molar-refractivity contribution in [1.29, 1.82) is 0 Å². The highest BCUT2D eigenvalue weighted by atomic mass is 16.5. The Balaban J connectivity index is 2.51. The maximum absolute atomic E-state index is 9.98. The molecule has 0 saturated carbocycles. The van der Waals surface area contributed by atoms with Gasteiger partial charge >= 0.3 is 0 Å². The Morgan fingerprint density at radius 1 is 1.17 bits per heavy atom. The first-order valence-corrected chi connectivity index (χ1v) is 6.56. The predicted octanol–water partition coefficient (Wildman–Crippen LogP) is 2.93. The molecule has 3 heteroatoms. The minimum Gasteiger partial charge on any atom is -0.433 e. The zero-order valence-electron chi connectivity index (χ0n) is 12.2. The van der Waals surface area contributed by atoms with Gasteiger partial charge in [-0.3, -0.25) is 0 Å². The molecule has 0 bridgehead atoms.